The van der Waals surface area contributed by atoms with Gasteiger partial charge in [0.15, 0.2) is 0 Å². The Labute approximate surface area is 120 Å². The molecular formula is C16H25FN2O. The third kappa shape index (κ3) is 4.76. The second-order valence-electron chi connectivity index (χ2n) is 5.71. The summed E-state index contributed by atoms with van der Waals surface area (Å²) in [5.41, 5.74) is 5.93. The molecule has 4 heteroatoms. The molecule has 0 heterocycles. The molecule has 0 atom stereocenters. The van der Waals surface area contributed by atoms with E-state index in [9.17, 15) is 4.39 Å². The summed E-state index contributed by atoms with van der Waals surface area (Å²) in [7, 11) is 2.18. The molecule has 0 aliphatic heterocycles. The van der Waals surface area contributed by atoms with Crippen molar-refractivity contribution in [1.82, 2.24) is 4.90 Å². The second-order valence-corrected chi connectivity index (χ2v) is 5.71. The zero-order valence-corrected chi connectivity index (χ0v) is 12.2. The van der Waals surface area contributed by atoms with Gasteiger partial charge in [-0.2, -0.15) is 0 Å². The first-order valence-electron chi connectivity index (χ1n) is 7.49. The molecule has 0 saturated heterocycles. The maximum absolute atomic E-state index is 12.7. The summed E-state index contributed by atoms with van der Waals surface area (Å²) < 4.78 is 18.3. The van der Waals surface area contributed by atoms with Crippen molar-refractivity contribution in [2.45, 2.75) is 44.2 Å². The Morgan fingerprint density at radius 1 is 1.20 bits per heavy atom. The quantitative estimate of drug-likeness (QED) is 0.814. The number of nitrogens with two attached hydrogens (primary N) is 1. The van der Waals surface area contributed by atoms with E-state index in [1.165, 1.54) is 25.0 Å². The molecule has 0 spiro atoms. The minimum Gasteiger partial charge on any atom is -0.494 e. The molecule has 0 bridgehead atoms. The molecule has 2 rings (SSSR count). The number of hydrogen-bond donors (Lipinski definition) is 1. The van der Waals surface area contributed by atoms with Gasteiger partial charge in [-0.05, 0) is 63.4 Å². The highest BCUT2D eigenvalue weighted by molar-refractivity contribution is 5.21. The van der Waals surface area contributed by atoms with Crippen LogP contribution >= 0.6 is 0 Å². The van der Waals surface area contributed by atoms with E-state index < -0.39 is 0 Å². The molecular weight excluding hydrogens is 255 g/mol. The lowest BCUT2D eigenvalue weighted by atomic mass is 9.91. The first-order chi connectivity index (χ1) is 9.65. The Morgan fingerprint density at radius 3 is 2.50 bits per heavy atom. The number of ether oxygens (including phenoxy) is 1. The van der Waals surface area contributed by atoms with Gasteiger partial charge in [-0.15, -0.1) is 0 Å². The highest BCUT2D eigenvalue weighted by Crippen LogP contribution is 2.21. The summed E-state index contributed by atoms with van der Waals surface area (Å²) in [6, 6.07) is 7.25. The van der Waals surface area contributed by atoms with Crippen molar-refractivity contribution in [1.29, 1.82) is 0 Å². The Kier molecular flexibility index (Phi) is 5.80. The van der Waals surface area contributed by atoms with Gasteiger partial charge < -0.3 is 15.4 Å². The lowest BCUT2D eigenvalue weighted by molar-refractivity contribution is 0.170. The largest absolute Gasteiger partial charge is 0.494 e. The SMILES string of the molecule is CN(CCCOc1ccc(F)cc1)C1CCC(N)CC1. The van der Waals surface area contributed by atoms with Crippen LogP contribution in [-0.2, 0) is 0 Å². The van der Waals surface area contributed by atoms with Crippen LogP contribution in [0.4, 0.5) is 4.39 Å². The van der Waals surface area contributed by atoms with Gasteiger partial charge in [-0.25, -0.2) is 4.39 Å². The standard InChI is InChI=1S/C16H25FN2O/c1-19(15-7-5-14(18)6-8-15)11-2-12-20-16-9-3-13(17)4-10-16/h3-4,9-10,14-15H,2,5-8,11-12,18H2,1H3. The third-order valence-corrected chi connectivity index (χ3v) is 4.10. The molecule has 1 aliphatic carbocycles. The van der Waals surface area contributed by atoms with Crippen LogP contribution in [0.3, 0.4) is 0 Å². The van der Waals surface area contributed by atoms with Gasteiger partial charge in [0, 0.05) is 18.6 Å². The summed E-state index contributed by atoms with van der Waals surface area (Å²) in [5, 5.41) is 0. The van der Waals surface area contributed by atoms with Crippen LogP contribution in [-0.4, -0.2) is 37.2 Å². The van der Waals surface area contributed by atoms with Crippen LogP contribution in [0.1, 0.15) is 32.1 Å². The number of hydrogen-bond acceptors (Lipinski definition) is 3. The third-order valence-electron chi connectivity index (χ3n) is 4.10. The van der Waals surface area contributed by atoms with Crippen LogP contribution < -0.4 is 10.5 Å². The van der Waals surface area contributed by atoms with E-state index in [0.717, 1.165) is 31.6 Å². The fourth-order valence-corrected chi connectivity index (χ4v) is 2.76. The normalized spacial score (nSPS) is 23.0. The molecule has 0 amide bonds. The Morgan fingerprint density at radius 2 is 1.85 bits per heavy atom. The van der Waals surface area contributed by atoms with Crippen molar-refractivity contribution >= 4 is 0 Å². The topological polar surface area (TPSA) is 38.5 Å². The number of halogens is 1. The van der Waals surface area contributed by atoms with Crippen molar-refractivity contribution in [3.8, 4) is 5.75 Å². The average molecular weight is 280 g/mol. The van der Waals surface area contributed by atoms with Crippen LogP contribution in [0.5, 0.6) is 5.75 Å². The smallest absolute Gasteiger partial charge is 0.123 e. The lowest BCUT2D eigenvalue weighted by Crippen LogP contribution is -2.39. The molecule has 1 aromatic carbocycles. The van der Waals surface area contributed by atoms with Crippen molar-refractivity contribution in [3.63, 3.8) is 0 Å². The van der Waals surface area contributed by atoms with Gasteiger partial charge >= 0.3 is 0 Å². The Hall–Kier alpha value is -1.13. The fourth-order valence-electron chi connectivity index (χ4n) is 2.76. The highest BCUT2D eigenvalue weighted by Gasteiger charge is 2.21. The summed E-state index contributed by atoms with van der Waals surface area (Å²) in [6.45, 7) is 1.70. The van der Waals surface area contributed by atoms with Gasteiger partial charge in [0.1, 0.15) is 11.6 Å². The highest BCUT2D eigenvalue weighted by atomic mass is 19.1. The molecule has 112 valence electrons. The fraction of sp³-hybridized carbons (Fsp3) is 0.625. The lowest BCUT2D eigenvalue weighted by Gasteiger charge is -2.33. The Balaban J connectivity index is 1.61. The first kappa shape index (κ1) is 15.3. The van der Waals surface area contributed by atoms with E-state index >= 15 is 0 Å². The molecule has 3 nitrogen and oxygen atoms in total. The van der Waals surface area contributed by atoms with Crippen molar-refractivity contribution in [3.05, 3.63) is 30.1 Å². The van der Waals surface area contributed by atoms with E-state index in [-0.39, 0.29) is 5.82 Å². The second kappa shape index (κ2) is 7.60. The molecule has 20 heavy (non-hydrogen) atoms. The summed E-state index contributed by atoms with van der Waals surface area (Å²) in [5.74, 6) is 0.505. The predicted molar refractivity (Wildman–Crippen MR) is 79.4 cm³/mol. The van der Waals surface area contributed by atoms with Crippen LogP contribution in [0, 0.1) is 5.82 Å². The minimum atomic E-state index is -0.229. The van der Waals surface area contributed by atoms with Crippen LogP contribution in [0.15, 0.2) is 24.3 Å². The van der Waals surface area contributed by atoms with E-state index in [2.05, 4.69) is 11.9 Å². The van der Waals surface area contributed by atoms with Crippen molar-refractivity contribution < 1.29 is 9.13 Å². The van der Waals surface area contributed by atoms with Gasteiger partial charge in [0.05, 0.1) is 6.61 Å². The number of rotatable bonds is 6. The molecule has 2 N–H and O–H groups in total. The van der Waals surface area contributed by atoms with Crippen molar-refractivity contribution in [2.75, 3.05) is 20.2 Å². The molecule has 0 radical (unpaired) electrons. The number of benzene rings is 1. The first-order valence-corrected chi connectivity index (χ1v) is 7.49. The maximum atomic E-state index is 12.7. The zero-order valence-electron chi connectivity index (χ0n) is 12.2. The molecule has 0 aromatic heterocycles. The summed E-state index contributed by atoms with van der Waals surface area (Å²) in [6.07, 6.45) is 5.67. The molecule has 1 aromatic rings. The van der Waals surface area contributed by atoms with E-state index in [0.29, 0.717) is 18.7 Å². The van der Waals surface area contributed by atoms with E-state index in [1.54, 1.807) is 12.1 Å². The summed E-state index contributed by atoms with van der Waals surface area (Å²) in [4.78, 5) is 2.42. The molecule has 1 fully saturated rings. The average Bonchev–Trinajstić information content (AvgIpc) is 2.46. The molecule has 1 aliphatic rings. The summed E-state index contributed by atoms with van der Waals surface area (Å²) >= 11 is 0. The Bertz CT molecular complexity index is 388. The predicted octanol–water partition coefficient (Wildman–Crippen LogP) is 2.80. The van der Waals surface area contributed by atoms with Gasteiger partial charge in [-0.3, -0.25) is 0 Å². The van der Waals surface area contributed by atoms with Crippen LogP contribution in [0.25, 0.3) is 0 Å². The molecule has 0 unspecified atom stereocenters. The van der Waals surface area contributed by atoms with Gasteiger partial charge in [0.2, 0.25) is 0 Å². The van der Waals surface area contributed by atoms with Crippen molar-refractivity contribution in [2.24, 2.45) is 5.73 Å². The maximum Gasteiger partial charge on any atom is 0.123 e. The molecule has 1 saturated carbocycles. The van der Waals surface area contributed by atoms with Crippen LogP contribution in [0.2, 0.25) is 0 Å². The van der Waals surface area contributed by atoms with E-state index in [4.69, 9.17) is 10.5 Å². The van der Waals surface area contributed by atoms with Gasteiger partial charge in [0.25, 0.3) is 0 Å². The van der Waals surface area contributed by atoms with Gasteiger partial charge in [-0.1, -0.05) is 0 Å². The monoisotopic (exact) mass is 280 g/mol. The zero-order chi connectivity index (χ0) is 14.4. The van der Waals surface area contributed by atoms with E-state index in [1.807, 2.05) is 0 Å². The number of nitrogens with zero attached hydrogens (tertiary/aromatic N) is 1. The minimum absolute atomic E-state index is 0.229.